The maximum absolute atomic E-state index is 12.0. The second-order valence-electron chi connectivity index (χ2n) is 4.03. The van der Waals surface area contributed by atoms with Gasteiger partial charge in [-0.3, -0.25) is 9.78 Å². The fourth-order valence-electron chi connectivity index (χ4n) is 1.57. The SMILES string of the molecule is Cc1cnccc1NC(=O)c1ccc(C(=O)O)cc1. The van der Waals surface area contributed by atoms with Crippen molar-refractivity contribution >= 4 is 17.6 Å². The van der Waals surface area contributed by atoms with Crippen LogP contribution in [0.25, 0.3) is 0 Å². The normalized spacial score (nSPS) is 9.95. The van der Waals surface area contributed by atoms with Crippen molar-refractivity contribution < 1.29 is 14.7 Å². The number of pyridine rings is 1. The molecule has 0 atom stereocenters. The van der Waals surface area contributed by atoms with Gasteiger partial charge in [-0.15, -0.1) is 0 Å². The van der Waals surface area contributed by atoms with Crippen LogP contribution in [0, 0.1) is 6.92 Å². The van der Waals surface area contributed by atoms with E-state index in [9.17, 15) is 9.59 Å². The highest BCUT2D eigenvalue weighted by Gasteiger charge is 2.09. The number of carbonyl (C=O) groups excluding carboxylic acids is 1. The number of hydrogen-bond donors (Lipinski definition) is 2. The Balaban J connectivity index is 2.16. The van der Waals surface area contributed by atoms with Crippen LogP contribution in [-0.2, 0) is 0 Å². The summed E-state index contributed by atoms with van der Waals surface area (Å²) in [6.07, 6.45) is 3.25. The van der Waals surface area contributed by atoms with E-state index in [2.05, 4.69) is 10.3 Å². The highest BCUT2D eigenvalue weighted by molar-refractivity contribution is 6.05. The van der Waals surface area contributed by atoms with Crippen molar-refractivity contribution in [2.75, 3.05) is 5.32 Å². The Kier molecular flexibility index (Phi) is 3.56. The maximum atomic E-state index is 12.0. The predicted octanol–water partition coefficient (Wildman–Crippen LogP) is 2.34. The molecule has 1 amide bonds. The van der Waals surface area contributed by atoms with Gasteiger partial charge in [-0.25, -0.2) is 4.79 Å². The van der Waals surface area contributed by atoms with E-state index in [0.29, 0.717) is 11.3 Å². The zero-order valence-electron chi connectivity index (χ0n) is 10.3. The summed E-state index contributed by atoms with van der Waals surface area (Å²) in [5, 5.41) is 11.5. The molecule has 0 saturated carbocycles. The number of amides is 1. The summed E-state index contributed by atoms with van der Waals surface area (Å²) in [5.41, 5.74) is 2.10. The van der Waals surface area contributed by atoms with Crippen molar-refractivity contribution in [3.05, 3.63) is 59.4 Å². The molecular formula is C14H12N2O3. The zero-order chi connectivity index (χ0) is 13.8. The Bertz CT molecular complexity index is 621. The third kappa shape index (κ3) is 2.95. The molecule has 5 nitrogen and oxygen atoms in total. The minimum Gasteiger partial charge on any atom is -0.478 e. The average molecular weight is 256 g/mol. The van der Waals surface area contributed by atoms with Crippen LogP contribution in [0.1, 0.15) is 26.3 Å². The molecule has 5 heteroatoms. The molecule has 1 heterocycles. The van der Waals surface area contributed by atoms with Crippen molar-refractivity contribution in [1.82, 2.24) is 4.98 Å². The number of aryl methyl sites for hydroxylation is 1. The second-order valence-corrected chi connectivity index (χ2v) is 4.03. The summed E-state index contributed by atoms with van der Waals surface area (Å²) in [6.45, 7) is 1.84. The molecule has 0 fully saturated rings. The Labute approximate surface area is 109 Å². The third-order valence-electron chi connectivity index (χ3n) is 2.66. The van der Waals surface area contributed by atoms with Gasteiger partial charge in [0.05, 0.1) is 5.56 Å². The van der Waals surface area contributed by atoms with Crippen LogP contribution in [0.15, 0.2) is 42.7 Å². The number of aromatic carboxylic acids is 1. The summed E-state index contributed by atoms with van der Waals surface area (Å²) in [6, 6.07) is 7.47. The van der Waals surface area contributed by atoms with Gasteiger partial charge in [0, 0.05) is 23.6 Å². The van der Waals surface area contributed by atoms with Crippen molar-refractivity contribution in [3.8, 4) is 0 Å². The number of carboxylic acid groups (broad SMARTS) is 1. The Morgan fingerprint density at radius 1 is 1.11 bits per heavy atom. The number of carboxylic acids is 1. The molecule has 1 aromatic heterocycles. The fraction of sp³-hybridized carbons (Fsp3) is 0.0714. The standard InChI is InChI=1S/C14H12N2O3/c1-9-8-15-7-6-12(9)16-13(17)10-2-4-11(5-3-10)14(18)19/h2-8H,1H3,(H,18,19)(H,15,16,17). The van der Waals surface area contributed by atoms with E-state index in [4.69, 9.17) is 5.11 Å². The molecule has 19 heavy (non-hydrogen) atoms. The smallest absolute Gasteiger partial charge is 0.335 e. The van der Waals surface area contributed by atoms with Gasteiger partial charge in [-0.1, -0.05) is 0 Å². The first-order valence-electron chi connectivity index (χ1n) is 5.63. The molecule has 0 radical (unpaired) electrons. The van der Waals surface area contributed by atoms with Gasteiger partial charge in [0.1, 0.15) is 0 Å². The van der Waals surface area contributed by atoms with Gasteiger partial charge in [0.25, 0.3) is 5.91 Å². The zero-order valence-corrected chi connectivity index (χ0v) is 10.3. The molecule has 0 aliphatic rings. The van der Waals surface area contributed by atoms with Crippen molar-refractivity contribution in [1.29, 1.82) is 0 Å². The molecule has 0 saturated heterocycles. The highest BCUT2D eigenvalue weighted by atomic mass is 16.4. The van der Waals surface area contributed by atoms with Crippen molar-refractivity contribution in [2.45, 2.75) is 6.92 Å². The highest BCUT2D eigenvalue weighted by Crippen LogP contribution is 2.13. The van der Waals surface area contributed by atoms with Crippen molar-refractivity contribution in [2.24, 2.45) is 0 Å². The largest absolute Gasteiger partial charge is 0.478 e. The number of aromatic nitrogens is 1. The molecule has 0 aliphatic heterocycles. The van der Waals surface area contributed by atoms with Crippen LogP contribution < -0.4 is 5.32 Å². The van der Waals surface area contributed by atoms with E-state index < -0.39 is 5.97 Å². The monoisotopic (exact) mass is 256 g/mol. The van der Waals surface area contributed by atoms with Gasteiger partial charge >= 0.3 is 5.97 Å². The summed E-state index contributed by atoms with van der Waals surface area (Å²) in [4.78, 5) is 26.6. The minimum atomic E-state index is -1.02. The lowest BCUT2D eigenvalue weighted by Gasteiger charge is -2.07. The second kappa shape index (κ2) is 5.30. The Morgan fingerprint density at radius 2 is 1.74 bits per heavy atom. The number of carbonyl (C=O) groups is 2. The quantitative estimate of drug-likeness (QED) is 0.883. The summed E-state index contributed by atoms with van der Waals surface area (Å²) >= 11 is 0. The average Bonchev–Trinajstić information content (AvgIpc) is 2.41. The number of rotatable bonds is 3. The van der Waals surface area contributed by atoms with Crippen LogP contribution in [0.3, 0.4) is 0 Å². The van der Waals surface area contributed by atoms with Gasteiger partial charge in [0.15, 0.2) is 0 Å². The van der Waals surface area contributed by atoms with Gasteiger partial charge in [-0.05, 0) is 42.8 Å². The first-order valence-corrected chi connectivity index (χ1v) is 5.63. The minimum absolute atomic E-state index is 0.150. The lowest BCUT2D eigenvalue weighted by atomic mass is 10.1. The number of nitrogens with one attached hydrogen (secondary N) is 1. The van der Waals surface area contributed by atoms with Crippen LogP contribution in [0.5, 0.6) is 0 Å². The topological polar surface area (TPSA) is 79.3 Å². The first kappa shape index (κ1) is 12.8. The van der Waals surface area contributed by atoms with E-state index in [1.165, 1.54) is 24.3 Å². The number of anilines is 1. The number of nitrogens with zero attached hydrogens (tertiary/aromatic N) is 1. The molecule has 96 valence electrons. The van der Waals surface area contributed by atoms with Crippen LogP contribution in [0.4, 0.5) is 5.69 Å². The molecule has 1 aromatic carbocycles. The van der Waals surface area contributed by atoms with Gasteiger partial charge in [-0.2, -0.15) is 0 Å². The Hall–Kier alpha value is -2.69. The van der Waals surface area contributed by atoms with Crippen LogP contribution in [0.2, 0.25) is 0 Å². The van der Waals surface area contributed by atoms with E-state index in [1.54, 1.807) is 18.5 Å². The summed E-state index contributed by atoms with van der Waals surface area (Å²) in [7, 11) is 0. The first-order chi connectivity index (χ1) is 9.08. The molecule has 2 aromatic rings. The van der Waals surface area contributed by atoms with E-state index in [0.717, 1.165) is 5.56 Å². The molecule has 2 N–H and O–H groups in total. The molecule has 0 aliphatic carbocycles. The molecular weight excluding hydrogens is 244 g/mol. The van der Waals surface area contributed by atoms with Crippen LogP contribution in [-0.4, -0.2) is 22.0 Å². The molecule has 0 unspecified atom stereocenters. The predicted molar refractivity (Wildman–Crippen MR) is 70.3 cm³/mol. The molecule has 2 rings (SSSR count). The number of benzene rings is 1. The van der Waals surface area contributed by atoms with Crippen LogP contribution >= 0.6 is 0 Å². The van der Waals surface area contributed by atoms with Gasteiger partial charge in [0.2, 0.25) is 0 Å². The summed E-state index contributed by atoms with van der Waals surface area (Å²) < 4.78 is 0. The lowest BCUT2D eigenvalue weighted by molar-refractivity contribution is 0.0696. The fourth-order valence-corrected chi connectivity index (χ4v) is 1.57. The maximum Gasteiger partial charge on any atom is 0.335 e. The summed E-state index contributed by atoms with van der Waals surface area (Å²) in [5.74, 6) is -1.30. The van der Waals surface area contributed by atoms with Gasteiger partial charge < -0.3 is 10.4 Å². The molecule has 0 spiro atoms. The molecule has 0 bridgehead atoms. The van der Waals surface area contributed by atoms with E-state index in [-0.39, 0.29) is 11.5 Å². The lowest BCUT2D eigenvalue weighted by Crippen LogP contribution is -2.13. The van der Waals surface area contributed by atoms with Crippen molar-refractivity contribution in [3.63, 3.8) is 0 Å². The van der Waals surface area contributed by atoms with E-state index in [1.807, 2.05) is 6.92 Å². The number of hydrogen-bond acceptors (Lipinski definition) is 3. The Morgan fingerprint density at radius 3 is 2.32 bits per heavy atom. The third-order valence-corrected chi connectivity index (χ3v) is 2.66. The van der Waals surface area contributed by atoms with E-state index >= 15 is 0 Å².